The van der Waals surface area contributed by atoms with Crippen LogP contribution in [0.15, 0.2) is 66.7 Å². The van der Waals surface area contributed by atoms with E-state index in [2.05, 4.69) is 94.4 Å². The average Bonchev–Trinajstić information content (AvgIpc) is 2.68. The molecule has 4 aromatic rings. The Labute approximate surface area is 166 Å². The van der Waals surface area contributed by atoms with E-state index < -0.39 is 0 Å². The third-order valence-electron chi connectivity index (χ3n) is 4.73. The molecule has 3 heteroatoms. The van der Waals surface area contributed by atoms with Crippen LogP contribution >= 0.6 is 0 Å². The Bertz CT molecular complexity index is 1040. The van der Waals surface area contributed by atoms with Crippen molar-refractivity contribution in [1.82, 2.24) is 15.0 Å². The zero-order valence-electron chi connectivity index (χ0n) is 16.7. The second-order valence-corrected chi connectivity index (χ2v) is 7.41. The van der Waals surface area contributed by atoms with Gasteiger partial charge in [0.2, 0.25) is 0 Å². The van der Waals surface area contributed by atoms with Crippen LogP contribution in [0.25, 0.3) is 34.2 Å². The third kappa shape index (κ3) is 3.84. The van der Waals surface area contributed by atoms with E-state index in [1.165, 1.54) is 22.3 Å². The van der Waals surface area contributed by atoms with Crippen LogP contribution in [0.1, 0.15) is 22.3 Å². The molecular weight excluding hydrogens is 342 g/mol. The van der Waals surface area contributed by atoms with Gasteiger partial charge in [-0.2, -0.15) is 0 Å². The van der Waals surface area contributed by atoms with Gasteiger partial charge in [0.15, 0.2) is 17.5 Å². The first-order chi connectivity index (χ1) is 13.5. The molecule has 0 amide bonds. The highest BCUT2D eigenvalue weighted by atomic mass is 15.0. The Hall–Kier alpha value is -3.33. The smallest absolute Gasteiger partial charge is 0.164 e. The van der Waals surface area contributed by atoms with Crippen LogP contribution in [-0.2, 0) is 0 Å². The summed E-state index contributed by atoms with van der Waals surface area (Å²) in [6.07, 6.45) is 0. The molecule has 138 valence electrons. The molecule has 0 aliphatic heterocycles. The van der Waals surface area contributed by atoms with Gasteiger partial charge in [0, 0.05) is 16.7 Å². The van der Waals surface area contributed by atoms with Crippen molar-refractivity contribution in [3.05, 3.63) is 89.0 Å². The molecule has 0 fully saturated rings. The van der Waals surface area contributed by atoms with Crippen molar-refractivity contribution >= 4 is 0 Å². The van der Waals surface area contributed by atoms with Gasteiger partial charge in [-0.15, -0.1) is 0 Å². The van der Waals surface area contributed by atoms with Crippen LogP contribution in [-0.4, -0.2) is 15.0 Å². The molecule has 28 heavy (non-hydrogen) atoms. The van der Waals surface area contributed by atoms with Gasteiger partial charge in [0.1, 0.15) is 0 Å². The lowest BCUT2D eigenvalue weighted by molar-refractivity contribution is 1.07. The zero-order valence-corrected chi connectivity index (χ0v) is 16.7. The van der Waals surface area contributed by atoms with Crippen molar-refractivity contribution in [1.29, 1.82) is 0 Å². The Morgan fingerprint density at radius 3 is 1.14 bits per heavy atom. The molecule has 0 N–H and O–H groups in total. The number of hydrogen-bond donors (Lipinski definition) is 0. The highest BCUT2D eigenvalue weighted by Gasteiger charge is 2.12. The predicted octanol–water partition coefficient (Wildman–Crippen LogP) is 6.11. The first kappa shape index (κ1) is 18.1. The van der Waals surface area contributed by atoms with Gasteiger partial charge in [-0.3, -0.25) is 0 Å². The SMILES string of the molecule is Cc1ccc(-c2nc(-c3ccc(C)cc3)nc(-c3cc(C)cc(C)c3)n2)cc1. The van der Waals surface area contributed by atoms with E-state index in [1.54, 1.807) is 0 Å². The molecule has 0 saturated heterocycles. The minimum absolute atomic E-state index is 0.694. The molecule has 1 aromatic heterocycles. The van der Waals surface area contributed by atoms with Gasteiger partial charge in [0.05, 0.1) is 0 Å². The Morgan fingerprint density at radius 1 is 0.393 bits per heavy atom. The molecule has 0 spiro atoms. The average molecular weight is 365 g/mol. The van der Waals surface area contributed by atoms with Gasteiger partial charge in [-0.25, -0.2) is 15.0 Å². The quantitative estimate of drug-likeness (QED) is 0.440. The number of hydrogen-bond acceptors (Lipinski definition) is 3. The monoisotopic (exact) mass is 365 g/mol. The van der Waals surface area contributed by atoms with E-state index in [0.717, 1.165) is 16.7 Å². The molecule has 4 rings (SSSR count). The van der Waals surface area contributed by atoms with Crippen molar-refractivity contribution in [3.8, 4) is 34.2 Å². The van der Waals surface area contributed by atoms with E-state index in [4.69, 9.17) is 15.0 Å². The summed E-state index contributed by atoms with van der Waals surface area (Å²) in [5.74, 6) is 2.09. The predicted molar refractivity (Wildman–Crippen MR) is 115 cm³/mol. The maximum atomic E-state index is 4.81. The highest BCUT2D eigenvalue weighted by molar-refractivity contribution is 5.67. The van der Waals surface area contributed by atoms with Crippen LogP contribution < -0.4 is 0 Å². The standard InChI is InChI=1S/C25H23N3/c1-16-5-9-20(10-6-16)23-26-24(21-11-7-17(2)8-12-21)28-25(27-23)22-14-18(3)13-19(4)15-22/h5-15H,1-4H3. The number of aryl methyl sites for hydroxylation is 4. The lowest BCUT2D eigenvalue weighted by Gasteiger charge is -2.10. The molecule has 0 atom stereocenters. The summed E-state index contributed by atoms with van der Waals surface area (Å²) in [5, 5.41) is 0. The van der Waals surface area contributed by atoms with Gasteiger partial charge in [-0.1, -0.05) is 76.9 Å². The van der Waals surface area contributed by atoms with Crippen LogP contribution in [0.4, 0.5) is 0 Å². The van der Waals surface area contributed by atoms with E-state index in [0.29, 0.717) is 17.5 Å². The summed E-state index contributed by atoms with van der Waals surface area (Å²) < 4.78 is 0. The number of benzene rings is 3. The summed E-state index contributed by atoms with van der Waals surface area (Å²) in [7, 11) is 0. The Morgan fingerprint density at radius 2 is 0.750 bits per heavy atom. The summed E-state index contributed by atoms with van der Waals surface area (Å²) in [5.41, 5.74) is 7.83. The minimum Gasteiger partial charge on any atom is -0.208 e. The first-order valence-corrected chi connectivity index (χ1v) is 9.47. The van der Waals surface area contributed by atoms with Crippen molar-refractivity contribution in [2.45, 2.75) is 27.7 Å². The number of rotatable bonds is 3. The van der Waals surface area contributed by atoms with E-state index in [9.17, 15) is 0 Å². The lowest BCUT2D eigenvalue weighted by atomic mass is 10.1. The van der Waals surface area contributed by atoms with Crippen molar-refractivity contribution in [3.63, 3.8) is 0 Å². The molecular formula is C25H23N3. The summed E-state index contributed by atoms with van der Waals surface area (Å²) in [6.45, 7) is 8.35. The molecule has 0 aliphatic rings. The van der Waals surface area contributed by atoms with Crippen LogP contribution in [0, 0.1) is 27.7 Å². The number of nitrogens with zero attached hydrogens (tertiary/aromatic N) is 3. The minimum atomic E-state index is 0.694. The molecule has 0 saturated carbocycles. The molecule has 0 radical (unpaired) electrons. The fraction of sp³-hybridized carbons (Fsp3) is 0.160. The van der Waals surface area contributed by atoms with E-state index in [-0.39, 0.29) is 0 Å². The van der Waals surface area contributed by atoms with Crippen molar-refractivity contribution < 1.29 is 0 Å². The fourth-order valence-corrected chi connectivity index (χ4v) is 3.27. The molecule has 0 bridgehead atoms. The van der Waals surface area contributed by atoms with Gasteiger partial charge in [0.25, 0.3) is 0 Å². The summed E-state index contributed by atoms with van der Waals surface area (Å²) >= 11 is 0. The van der Waals surface area contributed by atoms with Crippen LogP contribution in [0.5, 0.6) is 0 Å². The van der Waals surface area contributed by atoms with Gasteiger partial charge >= 0.3 is 0 Å². The molecule has 1 heterocycles. The normalized spacial score (nSPS) is 10.9. The Balaban J connectivity index is 1.92. The van der Waals surface area contributed by atoms with Crippen LogP contribution in [0.3, 0.4) is 0 Å². The van der Waals surface area contributed by atoms with E-state index in [1.807, 2.05) is 0 Å². The maximum Gasteiger partial charge on any atom is 0.164 e. The highest BCUT2D eigenvalue weighted by Crippen LogP contribution is 2.26. The van der Waals surface area contributed by atoms with Crippen molar-refractivity contribution in [2.75, 3.05) is 0 Å². The lowest BCUT2D eigenvalue weighted by Crippen LogP contribution is -2.00. The zero-order chi connectivity index (χ0) is 19.7. The second kappa shape index (κ2) is 7.35. The molecule has 0 aliphatic carbocycles. The summed E-state index contributed by atoms with van der Waals surface area (Å²) in [4.78, 5) is 14.4. The largest absolute Gasteiger partial charge is 0.208 e. The van der Waals surface area contributed by atoms with Crippen LogP contribution in [0.2, 0.25) is 0 Å². The molecule has 3 nitrogen and oxygen atoms in total. The van der Waals surface area contributed by atoms with Gasteiger partial charge in [-0.05, 0) is 39.8 Å². The third-order valence-corrected chi connectivity index (χ3v) is 4.73. The van der Waals surface area contributed by atoms with Crippen molar-refractivity contribution in [2.24, 2.45) is 0 Å². The van der Waals surface area contributed by atoms with E-state index >= 15 is 0 Å². The topological polar surface area (TPSA) is 38.7 Å². The molecule has 0 unspecified atom stereocenters. The maximum absolute atomic E-state index is 4.81. The number of aromatic nitrogens is 3. The van der Waals surface area contributed by atoms with Gasteiger partial charge < -0.3 is 0 Å². The molecule has 3 aromatic carbocycles. The first-order valence-electron chi connectivity index (χ1n) is 9.47. The fourth-order valence-electron chi connectivity index (χ4n) is 3.27. The summed E-state index contributed by atoms with van der Waals surface area (Å²) in [6, 6.07) is 23.0. The second-order valence-electron chi connectivity index (χ2n) is 7.41. The Kier molecular flexibility index (Phi) is 4.74.